The summed E-state index contributed by atoms with van der Waals surface area (Å²) in [6.45, 7) is 0. The summed E-state index contributed by atoms with van der Waals surface area (Å²) in [6.07, 6.45) is 0. The van der Waals surface area contributed by atoms with E-state index in [9.17, 15) is 0 Å². The van der Waals surface area contributed by atoms with Crippen LogP contribution in [0.2, 0.25) is 0 Å². The second-order valence-electron chi connectivity index (χ2n) is 0. The topological polar surface area (TPSA) is 0 Å². The Kier molecular flexibility index (Phi) is 71.2. The third kappa shape index (κ3) is 8.82. The van der Waals surface area contributed by atoms with Crippen LogP contribution in [0, 0.1) is 0 Å². The fourth-order valence-electron chi connectivity index (χ4n) is 0. The molecule has 0 aliphatic heterocycles. The fourth-order valence-corrected chi connectivity index (χ4v) is 0. The first-order chi connectivity index (χ1) is 1.00. The summed E-state index contributed by atoms with van der Waals surface area (Å²) in [5, 5.41) is 0. The van der Waals surface area contributed by atoms with Gasteiger partial charge in [0.1, 0.15) is 0 Å². The Morgan fingerprint density at radius 1 is 0.750 bits per heavy atom. The molecular formula is Au2Se2. The van der Waals surface area contributed by atoms with Crippen molar-refractivity contribution in [2.45, 2.75) is 0 Å². The summed E-state index contributed by atoms with van der Waals surface area (Å²) in [6, 6.07) is 0. The summed E-state index contributed by atoms with van der Waals surface area (Å²) in [5.41, 5.74) is 0. The van der Waals surface area contributed by atoms with Crippen molar-refractivity contribution in [3.63, 3.8) is 0 Å². The van der Waals surface area contributed by atoms with Gasteiger partial charge in [-0.15, -0.1) is 0 Å². The first-order valence-corrected chi connectivity index (χ1v) is 4.50. The second kappa shape index (κ2) is 17.8. The molecule has 0 heterocycles. The van der Waals surface area contributed by atoms with Gasteiger partial charge in [-0.1, -0.05) is 0 Å². The van der Waals surface area contributed by atoms with E-state index in [1.807, 2.05) is 0 Å². The standard InChI is InChI=1S/2Au.Se2/c;;1-2. The SMILES string of the molecule is [Au].[Au].[Se][Se]. The summed E-state index contributed by atoms with van der Waals surface area (Å²) in [7, 11) is 0. The van der Waals surface area contributed by atoms with Gasteiger partial charge in [0.05, 0.1) is 0 Å². The zero-order chi connectivity index (χ0) is 2.00. The van der Waals surface area contributed by atoms with E-state index in [2.05, 4.69) is 28.4 Å². The third-order valence-corrected chi connectivity index (χ3v) is 0. The van der Waals surface area contributed by atoms with Gasteiger partial charge in [-0.25, -0.2) is 0 Å². The van der Waals surface area contributed by atoms with Crippen LogP contribution < -0.4 is 0 Å². The second-order valence-corrected chi connectivity index (χ2v) is 0. The maximum atomic E-state index is 2.50. The summed E-state index contributed by atoms with van der Waals surface area (Å²) >= 11 is 5.00. The van der Waals surface area contributed by atoms with Crippen LogP contribution in [0.15, 0.2) is 0 Å². The van der Waals surface area contributed by atoms with E-state index in [0.717, 1.165) is 0 Å². The Balaban J connectivity index is -0.00000000500. The molecule has 0 aliphatic carbocycles. The predicted octanol–water partition coefficient (Wildman–Crippen LogP) is -0.767. The van der Waals surface area contributed by atoms with Crippen LogP contribution in [0.1, 0.15) is 0 Å². The molecule has 0 saturated heterocycles. The van der Waals surface area contributed by atoms with Crippen LogP contribution in [-0.2, 0) is 44.8 Å². The van der Waals surface area contributed by atoms with Crippen LogP contribution in [0.3, 0.4) is 0 Å². The first kappa shape index (κ1) is 16.0. The summed E-state index contributed by atoms with van der Waals surface area (Å²) in [5.74, 6) is 0. The van der Waals surface area contributed by atoms with Gasteiger partial charge in [-0.05, 0) is 0 Å². The molecule has 0 N–H and O–H groups in total. The molecule has 0 aromatic rings. The quantitative estimate of drug-likeness (QED) is 0.347. The molecule has 0 rings (SSSR count). The van der Waals surface area contributed by atoms with Crippen molar-refractivity contribution >= 4 is 28.4 Å². The van der Waals surface area contributed by atoms with E-state index in [4.69, 9.17) is 0 Å². The Hall–Kier alpha value is 2.52. The molecule has 0 fully saturated rings. The molecule has 0 atom stereocenters. The van der Waals surface area contributed by atoms with Gasteiger partial charge in [0.2, 0.25) is 0 Å². The van der Waals surface area contributed by atoms with Crippen molar-refractivity contribution in [3.05, 3.63) is 0 Å². The molecule has 0 spiro atoms. The Morgan fingerprint density at radius 3 is 0.750 bits per heavy atom. The Labute approximate surface area is 72.1 Å². The average molecular weight is 552 g/mol. The summed E-state index contributed by atoms with van der Waals surface area (Å²) < 4.78 is 0. The van der Waals surface area contributed by atoms with Crippen molar-refractivity contribution < 1.29 is 44.8 Å². The van der Waals surface area contributed by atoms with Crippen LogP contribution in [0.5, 0.6) is 0 Å². The Morgan fingerprint density at radius 2 is 0.750 bits per heavy atom. The van der Waals surface area contributed by atoms with Gasteiger partial charge in [-0.2, -0.15) is 0 Å². The van der Waals surface area contributed by atoms with E-state index in [1.165, 1.54) is 0 Å². The normalized spacial score (nSPS) is 1.50. The number of hydrogen-bond acceptors (Lipinski definition) is 0. The van der Waals surface area contributed by atoms with Crippen LogP contribution in [0.25, 0.3) is 0 Å². The van der Waals surface area contributed by atoms with Gasteiger partial charge in [0.15, 0.2) is 0 Å². The molecule has 0 bridgehead atoms. The van der Waals surface area contributed by atoms with Crippen molar-refractivity contribution in [3.8, 4) is 0 Å². The van der Waals surface area contributed by atoms with Crippen LogP contribution in [-0.4, -0.2) is 28.4 Å². The van der Waals surface area contributed by atoms with Crippen molar-refractivity contribution in [2.75, 3.05) is 0 Å². The van der Waals surface area contributed by atoms with Gasteiger partial charge in [0.25, 0.3) is 0 Å². The Bertz CT molecular complexity index is 4.00. The zero-order valence-corrected chi connectivity index (χ0v) is 9.18. The monoisotopic (exact) mass is 554 g/mol. The molecule has 0 aromatic carbocycles. The minimum atomic E-state index is 0. The number of rotatable bonds is 0. The van der Waals surface area contributed by atoms with Gasteiger partial charge < -0.3 is 0 Å². The molecule has 0 unspecified atom stereocenters. The van der Waals surface area contributed by atoms with E-state index in [1.54, 1.807) is 0 Å². The van der Waals surface area contributed by atoms with E-state index < -0.39 is 0 Å². The van der Waals surface area contributed by atoms with E-state index in [-0.39, 0.29) is 44.8 Å². The predicted molar refractivity (Wildman–Crippen MR) is 11.5 cm³/mol. The molecule has 0 aromatic heterocycles. The molecule has 34 valence electrons. The van der Waals surface area contributed by atoms with E-state index >= 15 is 0 Å². The first-order valence-electron chi connectivity index (χ1n) is 0.167. The van der Waals surface area contributed by atoms with Gasteiger partial charge in [0, 0.05) is 44.8 Å². The average Bonchev–Trinajstić information content (AvgIpc) is 1.00. The molecule has 4 heavy (non-hydrogen) atoms. The van der Waals surface area contributed by atoms with E-state index in [0.29, 0.717) is 0 Å². The van der Waals surface area contributed by atoms with Crippen molar-refractivity contribution in [2.24, 2.45) is 0 Å². The van der Waals surface area contributed by atoms with Gasteiger partial charge >= 0.3 is 28.4 Å². The molecular weight excluding hydrogens is 552 g/mol. The zero-order valence-electron chi connectivity index (χ0n) is 1.42. The third-order valence-electron chi connectivity index (χ3n) is 0. The molecule has 0 nitrogen and oxygen atoms in total. The molecule has 0 saturated carbocycles. The summed E-state index contributed by atoms with van der Waals surface area (Å²) in [4.78, 5) is 0. The molecule has 4 heteroatoms. The maximum absolute atomic E-state index is 2.50. The van der Waals surface area contributed by atoms with Gasteiger partial charge in [-0.3, -0.25) is 0 Å². The fraction of sp³-hybridized carbons (Fsp3) is 0. The molecule has 0 aliphatic rings. The number of hydrogen-bond donors (Lipinski definition) is 0. The molecule has 0 amide bonds. The van der Waals surface area contributed by atoms with Crippen LogP contribution in [0.4, 0.5) is 0 Å². The van der Waals surface area contributed by atoms with Crippen molar-refractivity contribution in [1.29, 1.82) is 0 Å². The van der Waals surface area contributed by atoms with Crippen LogP contribution >= 0.6 is 0 Å². The van der Waals surface area contributed by atoms with Crippen molar-refractivity contribution in [1.82, 2.24) is 0 Å². The minimum absolute atomic E-state index is 0. The molecule has 4 radical (unpaired) electrons.